The zero-order valence-electron chi connectivity index (χ0n) is 12.4. The van der Waals surface area contributed by atoms with E-state index >= 15 is 0 Å². The molecule has 21 heavy (non-hydrogen) atoms. The molecule has 1 atom stereocenters. The number of amides is 1. The molecule has 1 unspecified atom stereocenters. The molecule has 0 N–H and O–H groups in total. The van der Waals surface area contributed by atoms with Crippen LogP contribution in [0.5, 0.6) is 0 Å². The number of piperidine rings is 1. The number of likely N-dealkylation sites (tertiary alicyclic amines) is 1. The molecule has 1 aromatic carbocycles. The van der Waals surface area contributed by atoms with Crippen molar-refractivity contribution in [1.82, 2.24) is 4.90 Å². The van der Waals surface area contributed by atoms with Gasteiger partial charge in [0.25, 0.3) is 5.91 Å². The molecule has 3 heteroatoms. The van der Waals surface area contributed by atoms with Gasteiger partial charge in [-0.15, -0.1) is 0 Å². The Bertz CT molecular complexity index is 624. The monoisotopic (exact) mass is 281 g/mol. The molecule has 0 saturated carbocycles. The van der Waals surface area contributed by atoms with Crippen LogP contribution < -0.4 is 4.57 Å². The highest BCUT2D eigenvalue weighted by molar-refractivity contribution is 5.94. The predicted molar refractivity (Wildman–Crippen MR) is 81.7 cm³/mol. The molecule has 2 heterocycles. The number of hydrogen-bond donors (Lipinski definition) is 0. The van der Waals surface area contributed by atoms with Gasteiger partial charge in [-0.05, 0) is 37.5 Å². The van der Waals surface area contributed by atoms with Gasteiger partial charge in [-0.1, -0.05) is 18.2 Å². The van der Waals surface area contributed by atoms with Gasteiger partial charge in [0, 0.05) is 23.7 Å². The van der Waals surface area contributed by atoms with E-state index in [0.29, 0.717) is 0 Å². The van der Waals surface area contributed by atoms with E-state index in [0.717, 1.165) is 24.9 Å². The number of benzene rings is 1. The maximum absolute atomic E-state index is 12.8. The zero-order chi connectivity index (χ0) is 14.7. The van der Waals surface area contributed by atoms with Crippen molar-refractivity contribution in [3.05, 3.63) is 66.0 Å². The number of hydrogen-bond acceptors (Lipinski definition) is 1. The molecule has 3 nitrogen and oxygen atoms in total. The van der Waals surface area contributed by atoms with E-state index in [2.05, 4.69) is 22.9 Å². The smallest absolute Gasteiger partial charge is 0.254 e. The van der Waals surface area contributed by atoms with Crippen LogP contribution in [-0.2, 0) is 7.05 Å². The third-order valence-electron chi connectivity index (χ3n) is 4.13. The van der Waals surface area contributed by atoms with Crippen molar-refractivity contribution in [2.24, 2.45) is 7.05 Å². The third-order valence-corrected chi connectivity index (χ3v) is 4.13. The molecule has 1 saturated heterocycles. The second-order valence-corrected chi connectivity index (χ2v) is 5.68. The molecule has 1 aromatic heterocycles. The van der Waals surface area contributed by atoms with Gasteiger partial charge in [-0.2, -0.15) is 0 Å². The van der Waals surface area contributed by atoms with E-state index in [1.54, 1.807) is 0 Å². The summed E-state index contributed by atoms with van der Waals surface area (Å²) >= 11 is 0. The lowest BCUT2D eigenvalue weighted by molar-refractivity contribution is -0.672. The molecule has 1 fully saturated rings. The van der Waals surface area contributed by atoms with E-state index in [-0.39, 0.29) is 11.9 Å². The average Bonchev–Trinajstić information content (AvgIpc) is 2.55. The first-order chi connectivity index (χ1) is 10.3. The van der Waals surface area contributed by atoms with E-state index < -0.39 is 0 Å². The largest absolute Gasteiger partial charge is 0.331 e. The molecule has 0 bridgehead atoms. The number of carbonyl (C=O) groups is 1. The summed E-state index contributed by atoms with van der Waals surface area (Å²) in [6.45, 7) is 0.844. The molecule has 3 rings (SSSR count). The maximum atomic E-state index is 12.8. The van der Waals surface area contributed by atoms with Gasteiger partial charge in [-0.25, -0.2) is 4.57 Å². The zero-order valence-corrected chi connectivity index (χ0v) is 12.4. The Morgan fingerprint density at radius 1 is 1.14 bits per heavy atom. The predicted octanol–water partition coefficient (Wildman–Crippen LogP) is 2.88. The first-order valence-electron chi connectivity index (χ1n) is 7.57. The van der Waals surface area contributed by atoms with Crippen LogP contribution in [0.3, 0.4) is 0 Å². The SMILES string of the molecule is C[n+]1cccc(C2CCCCN2C(=O)c2ccccc2)c1. The number of pyridine rings is 1. The van der Waals surface area contributed by atoms with Gasteiger partial charge >= 0.3 is 0 Å². The summed E-state index contributed by atoms with van der Waals surface area (Å²) < 4.78 is 2.05. The number of carbonyl (C=O) groups excluding carboxylic acids is 1. The lowest BCUT2D eigenvalue weighted by Gasteiger charge is -2.35. The fourth-order valence-electron chi connectivity index (χ4n) is 3.08. The molecule has 2 aromatic rings. The Labute approximate surface area is 125 Å². The molecular formula is C18H21N2O+. The molecule has 1 amide bonds. The van der Waals surface area contributed by atoms with Crippen LogP contribution in [0.25, 0.3) is 0 Å². The summed E-state index contributed by atoms with van der Waals surface area (Å²) in [6, 6.07) is 14.0. The van der Waals surface area contributed by atoms with Gasteiger partial charge in [0.15, 0.2) is 12.4 Å². The molecule has 1 aliphatic rings. The van der Waals surface area contributed by atoms with Crippen LogP contribution in [0.4, 0.5) is 0 Å². The number of nitrogens with zero attached hydrogens (tertiary/aromatic N) is 2. The summed E-state index contributed by atoms with van der Waals surface area (Å²) in [4.78, 5) is 14.8. The Hall–Kier alpha value is -2.16. The molecular weight excluding hydrogens is 260 g/mol. The third kappa shape index (κ3) is 2.97. The number of rotatable bonds is 2. The maximum Gasteiger partial charge on any atom is 0.254 e. The highest BCUT2D eigenvalue weighted by atomic mass is 16.2. The van der Waals surface area contributed by atoms with Crippen molar-refractivity contribution in [3.63, 3.8) is 0 Å². The van der Waals surface area contributed by atoms with Crippen molar-refractivity contribution >= 4 is 5.91 Å². The van der Waals surface area contributed by atoms with Crippen LogP contribution in [-0.4, -0.2) is 17.4 Å². The van der Waals surface area contributed by atoms with Crippen molar-refractivity contribution in [2.45, 2.75) is 25.3 Å². The van der Waals surface area contributed by atoms with Crippen LogP contribution in [0, 0.1) is 0 Å². The Balaban J connectivity index is 1.90. The second kappa shape index (κ2) is 6.08. The summed E-state index contributed by atoms with van der Waals surface area (Å²) in [7, 11) is 2.02. The van der Waals surface area contributed by atoms with Crippen LogP contribution in [0.15, 0.2) is 54.9 Å². The minimum Gasteiger partial charge on any atom is -0.331 e. The molecule has 0 radical (unpaired) electrons. The fraction of sp³-hybridized carbons (Fsp3) is 0.333. The topological polar surface area (TPSA) is 24.2 Å². The molecule has 1 aliphatic heterocycles. The summed E-state index contributed by atoms with van der Waals surface area (Å²) in [5.41, 5.74) is 2.01. The number of aryl methyl sites for hydroxylation is 1. The molecule has 108 valence electrons. The number of aromatic nitrogens is 1. The second-order valence-electron chi connectivity index (χ2n) is 5.68. The Morgan fingerprint density at radius 3 is 2.71 bits per heavy atom. The summed E-state index contributed by atoms with van der Waals surface area (Å²) in [5.74, 6) is 0.145. The van der Waals surface area contributed by atoms with Crippen molar-refractivity contribution < 1.29 is 9.36 Å². The van der Waals surface area contributed by atoms with Gasteiger partial charge < -0.3 is 4.90 Å². The average molecular weight is 281 g/mol. The highest BCUT2D eigenvalue weighted by Crippen LogP contribution is 2.31. The van der Waals surface area contributed by atoms with Crippen molar-refractivity contribution in [2.75, 3.05) is 6.54 Å². The minimum absolute atomic E-state index is 0.145. The minimum atomic E-state index is 0.145. The summed E-state index contributed by atoms with van der Waals surface area (Å²) in [5, 5.41) is 0. The first-order valence-corrected chi connectivity index (χ1v) is 7.57. The first kappa shape index (κ1) is 13.8. The van der Waals surface area contributed by atoms with E-state index in [1.807, 2.05) is 48.5 Å². The van der Waals surface area contributed by atoms with Crippen LogP contribution >= 0.6 is 0 Å². The van der Waals surface area contributed by atoms with E-state index in [9.17, 15) is 4.79 Å². The Morgan fingerprint density at radius 2 is 1.95 bits per heavy atom. The summed E-state index contributed by atoms with van der Waals surface area (Å²) in [6.07, 6.45) is 7.47. The van der Waals surface area contributed by atoms with Crippen molar-refractivity contribution in [3.8, 4) is 0 Å². The quantitative estimate of drug-likeness (QED) is 0.777. The normalized spacial score (nSPS) is 18.5. The standard InChI is InChI=1S/C18H21N2O/c1-19-12-7-10-16(14-19)17-11-5-6-13-20(17)18(21)15-8-3-2-4-9-15/h2-4,7-10,12,14,17H,5-6,11,13H2,1H3/q+1. The van der Waals surface area contributed by atoms with Gasteiger partial charge in [-0.3, -0.25) is 4.79 Å². The fourth-order valence-corrected chi connectivity index (χ4v) is 3.08. The van der Waals surface area contributed by atoms with Crippen LogP contribution in [0.2, 0.25) is 0 Å². The van der Waals surface area contributed by atoms with Gasteiger partial charge in [0.05, 0.1) is 6.04 Å². The van der Waals surface area contributed by atoms with E-state index in [1.165, 1.54) is 12.0 Å². The lowest BCUT2D eigenvalue weighted by Crippen LogP contribution is -2.39. The van der Waals surface area contributed by atoms with Gasteiger partial charge in [0.1, 0.15) is 7.05 Å². The molecule has 0 spiro atoms. The van der Waals surface area contributed by atoms with Gasteiger partial charge in [0.2, 0.25) is 0 Å². The lowest BCUT2D eigenvalue weighted by atomic mass is 9.95. The Kier molecular flexibility index (Phi) is 4.00. The highest BCUT2D eigenvalue weighted by Gasteiger charge is 2.29. The van der Waals surface area contributed by atoms with Crippen LogP contribution in [0.1, 0.15) is 41.2 Å². The van der Waals surface area contributed by atoms with E-state index in [4.69, 9.17) is 0 Å². The molecule has 0 aliphatic carbocycles. The van der Waals surface area contributed by atoms with Crippen molar-refractivity contribution in [1.29, 1.82) is 0 Å².